The molecule has 4 aromatic rings. The van der Waals surface area contributed by atoms with Crippen LogP contribution in [0.3, 0.4) is 0 Å². The highest BCUT2D eigenvalue weighted by atomic mass is 16.1. The summed E-state index contributed by atoms with van der Waals surface area (Å²) in [6, 6.07) is 16.8. The molecule has 0 atom stereocenters. The highest BCUT2D eigenvalue weighted by Crippen LogP contribution is 2.25. The van der Waals surface area contributed by atoms with Gasteiger partial charge in [0.25, 0.3) is 0 Å². The molecule has 2 aromatic heterocycles. The number of para-hydroxylation sites is 1. The van der Waals surface area contributed by atoms with Crippen LogP contribution < -0.4 is 5.32 Å². The Hall–Kier alpha value is -3.73. The number of benzene rings is 2. The van der Waals surface area contributed by atoms with E-state index in [1.54, 1.807) is 36.5 Å². The molecule has 4 rings (SSSR count). The zero-order valence-corrected chi connectivity index (χ0v) is 14.7. The summed E-state index contributed by atoms with van der Waals surface area (Å²) in [6.45, 7) is 1.51. The largest absolute Gasteiger partial charge is 0.353 e. The van der Waals surface area contributed by atoms with Gasteiger partial charge in [-0.1, -0.05) is 18.2 Å². The van der Waals surface area contributed by atoms with Gasteiger partial charge >= 0.3 is 0 Å². The van der Waals surface area contributed by atoms with Crippen LogP contribution in [0.15, 0.2) is 66.9 Å². The minimum absolute atomic E-state index is 0.00785. The number of rotatable bonds is 4. The molecule has 0 fully saturated rings. The summed E-state index contributed by atoms with van der Waals surface area (Å²) in [5.41, 5.74) is 3.97. The van der Waals surface area contributed by atoms with Gasteiger partial charge in [0.2, 0.25) is 5.91 Å². The molecule has 132 valence electrons. The minimum Gasteiger partial charge on any atom is -0.353 e. The molecule has 0 spiro atoms. The number of pyridine rings is 1. The summed E-state index contributed by atoms with van der Waals surface area (Å²) < 4.78 is 0. The summed E-state index contributed by atoms with van der Waals surface area (Å²) in [6.07, 6.45) is 4.90. The summed E-state index contributed by atoms with van der Waals surface area (Å²) >= 11 is 0. The maximum atomic E-state index is 12.1. The molecule has 0 saturated carbocycles. The molecule has 0 aliphatic rings. The highest BCUT2D eigenvalue weighted by Gasteiger charge is 2.05. The Bertz CT molecular complexity index is 1190. The van der Waals surface area contributed by atoms with E-state index in [2.05, 4.69) is 21.4 Å². The minimum atomic E-state index is -0.258. The van der Waals surface area contributed by atoms with Crippen molar-refractivity contribution in [3.63, 3.8) is 0 Å². The maximum absolute atomic E-state index is 12.1. The molecule has 2 N–H and O–H groups in total. The van der Waals surface area contributed by atoms with Gasteiger partial charge in [0.1, 0.15) is 0 Å². The van der Waals surface area contributed by atoms with Crippen molar-refractivity contribution >= 4 is 45.3 Å². The van der Waals surface area contributed by atoms with Crippen molar-refractivity contribution < 1.29 is 9.59 Å². The second-order valence-electron chi connectivity index (χ2n) is 6.28. The van der Waals surface area contributed by atoms with E-state index in [1.165, 1.54) is 13.0 Å². The second-order valence-corrected chi connectivity index (χ2v) is 6.28. The number of carbonyl (C=O) groups excluding carboxylic acids is 2. The van der Waals surface area contributed by atoms with Crippen LogP contribution in [0.4, 0.5) is 5.69 Å². The number of hydrogen-bond acceptors (Lipinski definition) is 3. The van der Waals surface area contributed by atoms with Crippen molar-refractivity contribution in [3.05, 3.63) is 78.1 Å². The summed E-state index contributed by atoms with van der Waals surface area (Å²) in [5, 5.41) is 4.96. The Morgan fingerprint density at radius 3 is 2.56 bits per heavy atom. The van der Waals surface area contributed by atoms with Gasteiger partial charge < -0.3 is 10.3 Å². The third-order valence-electron chi connectivity index (χ3n) is 4.38. The quantitative estimate of drug-likeness (QED) is 0.416. The van der Waals surface area contributed by atoms with Crippen LogP contribution in [-0.4, -0.2) is 21.7 Å². The molecule has 0 bridgehead atoms. The van der Waals surface area contributed by atoms with E-state index >= 15 is 0 Å². The van der Waals surface area contributed by atoms with Crippen LogP contribution >= 0.6 is 0 Å². The van der Waals surface area contributed by atoms with Gasteiger partial charge in [0, 0.05) is 33.6 Å². The van der Waals surface area contributed by atoms with E-state index < -0.39 is 0 Å². The van der Waals surface area contributed by atoms with Crippen molar-refractivity contribution in [2.75, 3.05) is 5.32 Å². The van der Waals surface area contributed by atoms with E-state index in [-0.39, 0.29) is 11.7 Å². The van der Waals surface area contributed by atoms with Gasteiger partial charge in [-0.2, -0.15) is 0 Å². The number of hydrogen-bond donors (Lipinski definition) is 2. The predicted octanol–water partition coefficient (Wildman–Crippen LogP) is 4.57. The molecule has 5 nitrogen and oxygen atoms in total. The third-order valence-corrected chi connectivity index (χ3v) is 4.38. The lowest BCUT2D eigenvalue weighted by Gasteiger charge is -2.03. The molecule has 0 saturated heterocycles. The van der Waals surface area contributed by atoms with Crippen LogP contribution in [0.2, 0.25) is 0 Å². The number of nitrogens with one attached hydrogen (secondary N) is 2. The van der Waals surface area contributed by atoms with E-state index in [0.29, 0.717) is 16.9 Å². The van der Waals surface area contributed by atoms with Crippen LogP contribution in [0.5, 0.6) is 0 Å². The van der Waals surface area contributed by atoms with E-state index in [0.717, 1.165) is 21.8 Å². The lowest BCUT2D eigenvalue weighted by atomic mass is 10.1. The molecular weight excluding hydrogens is 338 g/mol. The molecule has 5 heteroatoms. The van der Waals surface area contributed by atoms with Gasteiger partial charge in [-0.05, 0) is 49.4 Å². The number of Topliss-reactive ketones (excluding diaryl/α,β-unsaturated/α-hetero) is 1. The Labute approximate surface area is 155 Å². The Kier molecular flexibility index (Phi) is 4.26. The number of H-pyrrole nitrogens is 1. The van der Waals surface area contributed by atoms with E-state index in [4.69, 9.17) is 0 Å². The van der Waals surface area contributed by atoms with Crippen LogP contribution in [0, 0.1) is 0 Å². The first kappa shape index (κ1) is 16.7. The van der Waals surface area contributed by atoms with Gasteiger partial charge in [0.05, 0.1) is 17.4 Å². The van der Waals surface area contributed by atoms with Crippen molar-refractivity contribution in [2.24, 2.45) is 0 Å². The van der Waals surface area contributed by atoms with Gasteiger partial charge in [-0.25, -0.2) is 0 Å². The summed E-state index contributed by atoms with van der Waals surface area (Å²) in [4.78, 5) is 31.1. The number of aromatic nitrogens is 2. The molecule has 0 unspecified atom stereocenters. The first-order valence-corrected chi connectivity index (χ1v) is 8.57. The van der Waals surface area contributed by atoms with E-state index in [1.807, 2.05) is 24.3 Å². The van der Waals surface area contributed by atoms with Crippen LogP contribution in [0.1, 0.15) is 23.0 Å². The van der Waals surface area contributed by atoms with Gasteiger partial charge in [-0.15, -0.1) is 0 Å². The maximum Gasteiger partial charge on any atom is 0.248 e. The Morgan fingerprint density at radius 1 is 1.00 bits per heavy atom. The zero-order chi connectivity index (χ0) is 18.8. The Balaban J connectivity index is 1.52. The predicted molar refractivity (Wildman–Crippen MR) is 108 cm³/mol. The van der Waals surface area contributed by atoms with Crippen LogP contribution in [-0.2, 0) is 4.79 Å². The number of ketones is 1. The average Bonchev–Trinajstić information content (AvgIpc) is 3.05. The fraction of sp³-hybridized carbons (Fsp3) is 0.0455. The molecule has 1 amide bonds. The summed E-state index contributed by atoms with van der Waals surface area (Å²) in [5.74, 6) is -0.266. The van der Waals surface area contributed by atoms with Gasteiger partial charge in [-0.3, -0.25) is 14.6 Å². The molecular formula is C22H17N3O2. The van der Waals surface area contributed by atoms with Crippen molar-refractivity contribution in [3.8, 4) is 0 Å². The molecule has 27 heavy (non-hydrogen) atoms. The lowest BCUT2D eigenvalue weighted by Crippen LogP contribution is -2.07. The number of aromatic amines is 1. The molecule has 2 aromatic carbocycles. The summed E-state index contributed by atoms with van der Waals surface area (Å²) in [7, 11) is 0. The second kappa shape index (κ2) is 6.88. The molecule has 0 aliphatic carbocycles. The first-order valence-electron chi connectivity index (χ1n) is 8.57. The number of carbonyl (C=O) groups is 2. The van der Waals surface area contributed by atoms with Crippen molar-refractivity contribution in [2.45, 2.75) is 6.92 Å². The topological polar surface area (TPSA) is 74.8 Å². The first-order chi connectivity index (χ1) is 13.1. The smallest absolute Gasteiger partial charge is 0.248 e. The number of anilines is 1. The van der Waals surface area contributed by atoms with Crippen molar-refractivity contribution in [1.29, 1.82) is 0 Å². The van der Waals surface area contributed by atoms with Crippen molar-refractivity contribution in [1.82, 2.24) is 9.97 Å². The number of fused-ring (bicyclic) bond motifs is 3. The SMILES string of the molecule is CC(=O)c1ccc(NC(=O)/C=C/c2cc3c(cn2)[nH]c2ccccc23)cc1. The average molecular weight is 355 g/mol. The van der Waals surface area contributed by atoms with Gasteiger partial charge in [0.15, 0.2) is 5.78 Å². The number of nitrogens with zero attached hydrogens (tertiary/aromatic N) is 1. The monoisotopic (exact) mass is 355 g/mol. The standard InChI is InChI=1S/C22H17N3O2/c1-14(26)15-6-8-16(9-7-15)24-22(27)11-10-17-12-19-18-4-2-3-5-20(18)25-21(19)13-23-17/h2-13,25H,1H3,(H,24,27)/b11-10+. The number of amides is 1. The normalized spacial score (nSPS) is 11.3. The Morgan fingerprint density at radius 2 is 1.78 bits per heavy atom. The lowest BCUT2D eigenvalue weighted by molar-refractivity contribution is -0.111. The van der Waals surface area contributed by atoms with Crippen LogP contribution in [0.25, 0.3) is 27.9 Å². The zero-order valence-electron chi connectivity index (χ0n) is 14.7. The third kappa shape index (κ3) is 3.48. The fourth-order valence-electron chi connectivity index (χ4n) is 2.99. The molecule has 0 radical (unpaired) electrons. The highest BCUT2D eigenvalue weighted by molar-refractivity contribution is 6.08. The van der Waals surface area contributed by atoms with E-state index in [9.17, 15) is 9.59 Å². The fourth-order valence-corrected chi connectivity index (χ4v) is 2.99. The molecule has 0 aliphatic heterocycles. The molecule has 2 heterocycles.